The van der Waals surface area contributed by atoms with Crippen LogP contribution in [0.15, 0.2) is 106 Å². The molecule has 0 spiro atoms. The number of para-hydroxylation sites is 1. The predicted octanol–water partition coefficient (Wildman–Crippen LogP) is 4.17. The minimum Gasteiger partial charge on any atom is -0.497 e. The number of amides is 1. The zero-order valence-corrected chi connectivity index (χ0v) is 24.5. The zero-order chi connectivity index (χ0) is 30.2. The molecule has 0 fully saturated rings. The lowest BCUT2D eigenvalue weighted by atomic mass is 9.92. The van der Waals surface area contributed by atoms with Crippen LogP contribution in [0.3, 0.4) is 0 Å². The monoisotopic (exact) mass is 606 g/mol. The average molecular weight is 607 g/mol. The lowest BCUT2D eigenvalue weighted by molar-refractivity contribution is -0.146. The molecule has 11 heteroatoms. The van der Waals surface area contributed by atoms with Crippen LogP contribution in [0.4, 0.5) is 0 Å². The van der Waals surface area contributed by atoms with Gasteiger partial charge in [-0.15, -0.1) is 0 Å². The third kappa shape index (κ3) is 7.26. The highest BCUT2D eigenvalue weighted by atomic mass is 32.2. The van der Waals surface area contributed by atoms with Crippen molar-refractivity contribution in [1.82, 2.24) is 9.62 Å². The van der Waals surface area contributed by atoms with E-state index in [0.717, 1.165) is 26.4 Å². The fourth-order valence-electron chi connectivity index (χ4n) is 4.93. The van der Waals surface area contributed by atoms with Crippen LogP contribution in [0.1, 0.15) is 23.5 Å². The molecular weight excluding hydrogens is 572 g/mol. The first-order valence-electron chi connectivity index (χ1n) is 13.9. The van der Waals surface area contributed by atoms with Gasteiger partial charge in [0, 0.05) is 42.9 Å². The number of allylic oxidation sites excluding steroid dienone is 1. The van der Waals surface area contributed by atoms with Crippen LogP contribution in [0, 0.1) is 0 Å². The Balaban J connectivity index is 1.30. The van der Waals surface area contributed by atoms with Gasteiger partial charge in [0.1, 0.15) is 11.3 Å². The van der Waals surface area contributed by atoms with Crippen molar-refractivity contribution in [3.8, 4) is 5.75 Å². The molecule has 2 heterocycles. The summed E-state index contributed by atoms with van der Waals surface area (Å²) < 4.78 is 50.6. The molecule has 5 rings (SSSR count). The van der Waals surface area contributed by atoms with E-state index in [0.29, 0.717) is 18.7 Å². The summed E-state index contributed by atoms with van der Waals surface area (Å²) in [6.07, 6.45) is 2.99. The maximum Gasteiger partial charge on any atom is 0.286 e. The van der Waals surface area contributed by atoms with E-state index in [9.17, 15) is 18.3 Å². The van der Waals surface area contributed by atoms with E-state index in [1.54, 1.807) is 24.5 Å². The number of carbonyl (C=O) groups is 1. The number of hydrogen-bond donors (Lipinski definition) is 2. The molecule has 0 saturated heterocycles. The van der Waals surface area contributed by atoms with Gasteiger partial charge < -0.3 is 29.1 Å². The molecule has 0 saturated carbocycles. The molecule has 4 aromatic rings. The number of furan rings is 1. The standard InChI is InChI=1S/C32H34N2O8S/c1-39-25-11-13-26(14-12-25)43(37,38)34(15-17-35)16-18-40-31-20-24(28-22-41-29-10-6-5-9-27(28)29)19-30(42-31)32(36)33-21-23-7-3-2-4-8-23/h2-14,19,22,24,31,35H,15-18,20-21H2,1H3,(H,33,36)/t24-,31+/m0/s1. The number of ether oxygens (including phenoxy) is 3. The van der Waals surface area contributed by atoms with Crippen LogP contribution in [0.25, 0.3) is 11.0 Å². The number of rotatable bonds is 13. The molecule has 3 aromatic carbocycles. The first kappa shape index (κ1) is 30.3. The van der Waals surface area contributed by atoms with Gasteiger partial charge in [0.15, 0.2) is 5.76 Å². The minimum atomic E-state index is -3.91. The van der Waals surface area contributed by atoms with Crippen LogP contribution in [-0.2, 0) is 30.8 Å². The number of methoxy groups -OCH3 is 1. The van der Waals surface area contributed by atoms with Crippen LogP contribution in [-0.4, -0.2) is 63.4 Å². The summed E-state index contributed by atoms with van der Waals surface area (Å²) >= 11 is 0. The van der Waals surface area contributed by atoms with Crippen molar-refractivity contribution < 1.29 is 36.9 Å². The number of nitrogens with zero attached hydrogens (tertiary/aromatic N) is 1. The Labute approximate surface area is 250 Å². The topological polar surface area (TPSA) is 128 Å². The number of hydrogen-bond acceptors (Lipinski definition) is 8. The first-order chi connectivity index (χ1) is 20.9. The highest BCUT2D eigenvalue weighted by molar-refractivity contribution is 7.89. The lowest BCUT2D eigenvalue weighted by Gasteiger charge is -2.30. The first-order valence-corrected chi connectivity index (χ1v) is 15.4. The average Bonchev–Trinajstić information content (AvgIpc) is 3.48. The minimum absolute atomic E-state index is 0.0299. The van der Waals surface area contributed by atoms with E-state index in [2.05, 4.69) is 5.32 Å². The number of benzene rings is 3. The van der Waals surface area contributed by atoms with E-state index in [1.807, 2.05) is 54.6 Å². The Bertz CT molecular complexity index is 1650. The summed E-state index contributed by atoms with van der Waals surface area (Å²) in [7, 11) is -2.41. The molecule has 43 heavy (non-hydrogen) atoms. The third-order valence-electron chi connectivity index (χ3n) is 7.18. The number of nitrogens with one attached hydrogen (secondary N) is 1. The Morgan fingerprint density at radius 1 is 1.02 bits per heavy atom. The van der Waals surface area contributed by atoms with Gasteiger partial charge >= 0.3 is 0 Å². The van der Waals surface area contributed by atoms with E-state index < -0.39 is 16.3 Å². The molecule has 1 aliphatic rings. The van der Waals surface area contributed by atoms with Crippen molar-refractivity contribution in [2.24, 2.45) is 0 Å². The molecule has 226 valence electrons. The highest BCUT2D eigenvalue weighted by Gasteiger charge is 2.31. The van der Waals surface area contributed by atoms with Gasteiger partial charge in [0.05, 0.1) is 31.5 Å². The van der Waals surface area contributed by atoms with E-state index in [1.165, 1.54) is 19.2 Å². The van der Waals surface area contributed by atoms with E-state index in [-0.39, 0.29) is 48.8 Å². The summed E-state index contributed by atoms with van der Waals surface area (Å²) in [6, 6.07) is 23.2. The maximum absolute atomic E-state index is 13.3. The number of aliphatic hydroxyl groups excluding tert-OH is 1. The normalized spacial score (nSPS) is 17.0. The van der Waals surface area contributed by atoms with Crippen LogP contribution >= 0.6 is 0 Å². The van der Waals surface area contributed by atoms with Gasteiger partial charge in [-0.3, -0.25) is 4.79 Å². The number of aliphatic hydroxyl groups is 1. The summed E-state index contributed by atoms with van der Waals surface area (Å²) in [4.78, 5) is 13.3. The van der Waals surface area contributed by atoms with E-state index in [4.69, 9.17) is 18.6 Å². The molecule has 0 radical (unpaired) electrons. The number of fused-ring (bicyclic) bond motifs is 1. The molecule has 1 amide bonds. The van der Waals surface area contributed by atoms with Gasteiger partial charge in [0.25, 0.3) is 5.91 Å². The molecule has 0 bridgehead atoms. The van der Waals surface area contributed by atoms with Gasteiger partial charge in [-0.25, -0.2) is 8.42 Å². The van der Waals surface area contributed by atoms with Crippen LogP contribution < -0.4 is 10.1 Å². The number of sulfonamides is 1. The Hall–Kier alpha value is -4.16. The predicted molar refractivity (Wildman–Crippen MR) is 160 cm³/mol. The highest BCUT2D eigenvalue weighted by Crippen LogP contribution is 2.36. The Kier molecular flexibility index (Phi) is 9.78. The van der Waals surface area contributed by atoms with Crippen LogP contribution in [0.2, 0.25) is 0 Å². The second-order valence-corrected chi connectivity index (χ2v) is 11.9. The van der Waals surface area contributed by atoms with Crippen molar-refractivity contribution in [2.45, 2.75) is 30.1 Å². The largest absolute Gasteiger partial charge is 0.497 e. The molecule has 2 N–H and O–H groups in total. The van der Waals surface area contributed by atoms with Crippen molar-refractivity contribution in [3.05, 3.63) is 108 Å². The van der Waals surface area contributed by atoms with Crippen molar-refractivity contribution >= 4 is 26.9 Å². The van der Waals surface area contributed by atoms with Gasteiger partial charge in [-0.05, 0) is 42.0 Å². The lowest BCUT2D eigenvalue weighted by Crippen LogP contribution is -2.38. The second kappa shape index (κ2) is 13.9. The molecule has 2 atom stereocenters. The molecule has 1 aliphatic heterocycles. The molecular formula is C32H34N2O8S. The fourth-order valence-corrected chi connectivity index (χ4v) is 6.35. The quantitative estimate of drug-likeness (QED) is 0.232. The molecule has 0 aliphatic carbocycles. The van der Waals surface area contributed by atoms with Gasteiger partial charge in [-0.1, -0.05) is 48.5 Å². The SMILES string of the molecule is COc1ccc(S(=O)(=O)N(CCO)CCO[C@H]2C[C@@H](c3coc4ccccc34)C=C(C(=O)NCc3ccccc3)O2)cc1. The Morgan fingerprint density at radius 2 is 1.77 bits per heavy atom. The second-order valence-electron chi connectivity index (χ2n) is 9.95. The number of carbonyl (C=O) groups excluding carboxylic acids is 1. The van der Waals surface area contributed by atoms with Crippen molar-refractivity contribution in [3.63, 3.8) is 0 Å². The van der Waals surface area contributed by atoms with Crippen molar-refractivity contribution in [1.29, 1.82) is 0 Å². The molecule has 1 aromatic heterocycles. The summed E-state index contributed by atoms with van der Waals surface area (Å²) in [6.45, 7) is -0.213. The fraction of sp³-hybridized carbons (Fsp3) is 0.281. The van der Waals surface area contributed by atoms with E-state index >= 15 is 0 Å². The van der Waals surface area contributed by atoms with Gasteiger partial charge in [-0.2, -0.15) is 4.31 Å². The van der Waals surface area contributed by atoms with Crippen LogP contribution in [0.5, 0.6) is 5.75 Å². The Morgan fingerprint density at radius 3 is 2.51 bits per heavy atom. The van der Waals surface area contributed by atoms with Gasteiger partial charge in [0.2, 0.25) is 16.3 Å². The summed E-state index contributed by atoms with van der Waals surface area (Å²) in [5, 5.41) is 13.4. The maximum atomic E-state index is 13.3. The van der Waals surface area contributed by atoms with Crippen molar-refractivity contribution in [2.75, 3.05) is 33.4 Å². The zero-order valence-electron chi connectivity index (χ0n) is 23.7. The smallest absolute Gasteiger partial charge is 0.286 e. The summed E-state index contributed by atoms with van der Waals surface area (Å²) in [5.41, 5.74) is 2.57. The third-order valence-corrected chi connectivity index (χ3v) is 9.09. The molecule has 0 unspecified atom stereocenters. The molecule has 10 nitrogen and oxygen atoms in total. The summed E-state index contributed by atoms with van der Waals surface area (Å²) in [5.74, 6) is -0.00187.